The molecule has 2 aromatic heterocycles. The van der Waals surface area contributed by atoms with E-state index >= 15 is 0 Å². The molecule has 2 aromatic carbocycles. The summed E-state index contributed by atoms with van der Waals surface area (Å²) >= 11 is 0. The summed E-state index contributed by atoms with van der Waals surface area (Å²) in [4.78, 5) is 31.3. The molecule has 0 bridgehead atoms. The van der Waals surface area contributed by atoms with Gasteiger partial charge in [-0.3, -0.25) is 19.8 Å². The quantitative estimate of drug-likeness (QED) is 0.206. The van der Waals surface area contributed by atoms with Crippen molar-refractivity contribution in [2.75, 3.05) is 32.1 Å². The lowest BCUT2D eigenvalue weighted by Gasteiger charge is -2.31. The maximum atomic E-state index is 15.0. The van der Waals surface area contributed by atoms with Crippen LogP contribution in [0.2, 0.25) is 0 Å². The Morgan fingerprint density at radius 3 is 2.31 bits per heavy atom. The van der Waals surface area contributed by atoms with Crippen LogP contribution in [0.25, 0.3) is 0 Å². The zero-order valence-corrected chi connectivity index (χ0v) is 27.1. The van der Waals surface area contributed by atoms with Gasteiger partial charge in [0.05, 0.1) is 43.0 Å². The molecule has 1 aliphatic rings. The Balaban J connectivity index is 1.13. The lowest BCUT2D eigenvalue weighted by atomic mass is 9.88. The number of likely N-dealkylation sites (N-methyl/N-ethyl adjacent to an activating group) is 1. The summed E-state index contributed by atoms with van der Waals surface area (Å²) in [5.74, 6) is -2.31. The van der Waals surface area contributed by atoms with Crippen molar-refractivity contribution in [3.8, 4) is 0 Å². The normalized spacial score (nSPS) is 16.1. The third-order valence-corrected chi connectivity index (χ3v) is 8.29. The Kier molecular flexibility index (Phi) is 11.5. The number of pyridine rings is 1. The third kappa shape index (κ3) is 9.20. The average Bonchev–Trinajstić information content (AvgIpc) is 3.40. The number of nitrogens with zero attached hydrogens (tertiary/aromatic N) is 4. The summed E-state index contributed by atoms with van der Waals surface area (Å²) in [7, 11) is 1.66. The van der Waals surface area contributed by atoms with Crippen LogP contribution in [-0.4, -0.2) is 70.7 Å². The molecule has 1 saturated heterocycles. The summed E-state index contributed by atoms with van der Waals surface area (Å²) in [6.07, 6.45) is 1.68. The van der Waals surface area contributed by atoms with Gasteiger partial charge >= 0.3 is 6.09 Å². The highest BCUT2D eigenvalue weighted by molar-refractivity contribution is 5.92. The standard InChI is InChI=1S/C35H39F3N6O4/c1-22-16-23(2)44(42-22)15-14-43(3)35(46)48-34-21-47-28(18-40-34)12-13-29-31(38)19-39-20-32(29)41-33(45)17-30(24-4-8-26(36)9-5-24)25-6-10-27(37)11-7-25/h4-11,16,19-20,28,30,34,40H,12-15,17-18,21H2,1-3H3,(H,41,45)/t28-,34+/m1/s1. The molecule has 0 unspecified atom stereocenters. The Bertz CT molecular complexity index is 1650. The van der Waals surface area contributed by atoms with E-state index in [-0.39, 0.29) is 36.8 Å². The lowest BCUT2D eigenvalue weighted by Crippen LogP contribution is -2.50. The van der Waals surface area contributed by atoms with Crippen molar-refractivity contribution in [2.45, 2.75) is 57.9 Å². The number of nitrogens with one attached hydrogen (secondary N) is 2. The van der Waals surface area contributed by atoms with Gasteiger partial charge in [-0.05, 0) is 68.1 Å². The van der Waals surface area contributed by atoms with Crippen LogP contribution in [0.5, 0.6) is 0 Å². The number of hydrogen-bond acceptors (Lipinski definition) is 7. The number of carbonyl (C=O) groups excluding carboxylic acids is 2. The number of anilines is 1. The Hall–Kier alpha value is -4.75. The molecule has 2 atom stereocenters. The lowest BCUT2D eigenvalue weighted by molar-refractivity contribution is -0.116. The molecule has 5 rings (SSSR count). The zero-order chi connectivity index (χ0) is 34.2. The van der Waals surface area contributed by atoms with Crippen LogP contribution < -0.4 is 10.6 Å². The van der Waals surface area contributed by atoms with Gasteiger partial charge in [0.25, 0.3) is 0 Å². The SMILES string of the molecule is Cc1cc(C)n(CCN(C)C(=O)O[C@H]2CO[C@H](CCc3c(F)cncc3NC(=O)CC(c3ccc(F)cc3)c3ccc(F)cc3)CN2)n1. The van der Waals surface area contributed by atoms with E-state index < -0.39 is 41.6 Å². The van der Waals surface area contributed by atoms with Crippen molar-refractivity contribution >= 4 is 17.7 Å². The number of halogens is 3. The number of aryl methyl sites for hydroxylation is 2. The Morgan fingerprint density at radius 2 is 1.73 bits per heavy atom. The second kappa shape index (κ2) is 15.9. The van der Waals surface area contributed by atoms with Gasteiger partial charge in [-0.2, -0.15) is 5.10 Å². The highest BCUT2D eigenvalue weighted by Gasteiger charge is 2.26. The van der Waals surface area contributed by atoms with E-state index in [9.17, 15) is 22.8 Å². The summed E-state index contributed by atoms with van der Waals surface area (Å²) in [5, 5.41) is 10.4. The molecule has 0 aliphatic carbocycles. The number of amides is 2. The summed E-state index contributed by atoms with van der Waals surface area (Å²) in [6, 6.07) is 13.5. The van der Waals surface area contributed by atoms with Gasteiger partial charge in [-0.1, -0.05) is 24.3 Å². The van der Waals surface area contributed by atoms with E-state index in [0.29, 0.717) is 37.2 Å². The number of aromatic nitrogens is 3. The molecule has 4 aromatic rings. The maximum Gasteiger partial charge on any atom is 0.411 e. The van der Waals surface area contributed by atoms with Crippen LogP contribution in [0.15, 0.2) is 67.0 Å². The molecule has 3 heterocycles. The van der Waals surface area contributed by atoms with Crippen molar-refractivity contribution in [3.05, 3.63) is 113 Å². The smallest absolute Gasteiger partial charge is 0.411 e. The summed E-state index contributed by atoms with van der Waals surface area (Å²) in [5.41, 5.74) is 3.79. The van der Waals surface area contributed by atoms with Crippen molar-refractivity contribution in [2.24, 2.45) is 0 Å². The van der Waals surface area contributed by atoms with Crippen LogP contribution >= 0.6 is 0 Å². The Labute approximate surface area is 277 Å². The fourth-order valence-corrected chi connectivity index (χ4v) is 5.65. The largest absolute Gasteiger partial charge is 0.428 e. The van der Waals surface area contributed by atoms with E-state index in [4.69, 9.17) is 9.47 Å². The fourth-order valence-electron chi connectivity index (χ4n) is 5.65. The first-order chi connectivity index (χ1) is 23.0. The highest BCUT2D eigenvalue weighted by atomic mass is 19.1. The third-order valence-electron chi connectivity index (χ3n) is 8.29. The van der Waals surface area contributed by atoms with Crippen LogP contribution in [0.1, 0.15) is 46.8 Å². The molecule has 13 heteroatoms. The second-order valence-corrected chi connectivity index (χ2v) is 11.9. The number of carbonyl (C=O) groups is 2. The van der Waals surface area contributed by atoms with Crippen molar-refractivity contribution in [1.29, 1.82) is 0 Å². The van der Waals surface area contributed by atoms with Gasteiger partial charge in [0.2, 0.25) is 5.91 Å². The molecule has 2 amide bonds. The molecule has 48 heavy (non-hydrogen) atoms. The van der Waals surface area contributed by atoms with E-state index in [1.165, 1.54) is 35.4 Å². The van der Waals surface area contributed by atoms with Gasteiger partial charge in [-0.25, -0.2) is 18.0 Å². The van der Waals surface area contributed by atoms with Crippen molar-refractivity contribution in [1.82, 2.24) is 25.0 Å². The minimum absolute atomic E-state index is 0.0548. The van der Waals surface area contributed by atoms with E-state index in [2.05, 4.69) is 20.7 Å². The van der Waals surface area contributed by atoms with Gasteiger partial charge in [-0.15, -0.1) is 0 Å². The number of rotatable bonds is 12. The molecule has 2 N–H and O–H groups in total. The second-order valence-electron chi connectivity index (χ2n) is 11.9. The minimum atomic E-state index is -0.632. The number of morpholine rings is 1. The van der Waals surface area contributed by atoms with Crippen LogP contribution in [-0.2, 0) is 27.2 Å². The van der Waals surface area contributed by atoms with E-state index in [0.717, 1.165) is 17.6 Å². The summed E-state index contributed by atoms with van der Waals surface area (Å²) in [6.45, 7) is 5.34. The molecule has 0 saturated carbocycles. The predicted octanol–water partition coefficient (Wildman–Crippen LogP) is 5.49. The number of ether oxygens (including phenoxy) is 2. The van der Waals surface area contributed by atoms with E-state index in [1.54, 1.807) is 31.3 Å². The minimum Gasteiger partial charge on any atom is -0.428 e. The van der Waals surface area contributed by atoms with Crippen LogP contribution in [0, 0.1) is 31.3 Å². The topological polar surface area (TPSA) is 111 Å². The first-order valence-corrected chi connectivity index (χ1v) is 15.8. The van der Waals surface area contributed by atoms with Gasteiger partial charge in [0.15, 0.2) is 6.23 Å². The van der Waals surface area contributed by atoms with Crippen molar-refractivity contribution < 1.29 is 32.2 Å². The van der Waals surface area contributed by atoms with Gasteiger partial charge in [0.1, 0.15) is 17.5 Å². The molecule has 10 nitrogen and oxygen atoms in total. The van der Waals surface area contributed by atoms with Crippen LogP contribution in [0.4, 0.5) is 23.7 Å². The number of benzene rings is 2. The summed E-state index contributed by atoms with van der Waals surface area (Å²) < 4.78 is 55.5. The number of hydrogen-bond donors (Lipinski definition) is 2. The van der Waals surface area contributed by atoms with Gasteiger partial charge in [0, 0.05) is 43.7 Å². The highest BCUT2D eigenvalue weighted by Crippen LogP contribution is 2.30. The predicted molar refractivity (Wildman–Crippen MR) is 173 cm³/mol. The Morgan fingerprint density at radius 1 is 1.06 bits per heavy atom. The van der Waals surface area contributed by atoms with E-state index in [1.807, 2.05) is 24.6 Å². The van der Waals surface area contributed by atoms with Crippen molar-refractivity contribution in [3.63, 3.8) is 0 Å². The molecule has 254 valence electrons. The average molecular weight is 665 g/mol. The first kappa shape index (κ1) is 34.6. The monoisotopic (exact) mass is 664 g/mol. The fraction of sp³-hybridized carbons (Fsp3) is 0.371. The molecule has 0 radical (unpaired) electrons. The molecule has 0 spiro atoms. The maximum absolute atomic E-state index is 15.0. The van der Waals surface area contributed by atoms with Gasteiger partial charge < -0.3 is 19.7 Å². The molecule has 1 fully saturated rings. The van der Waals surface area contributed by atoms with Crippen LogP contribution in [0.3, 0.4) is 0 Å². The molecule has 1 aliphatic heterocycles. The first-order valence-electron chi connectivity index (χ1n) is 15.8. The molecular weight excluding hydrogens is 625 g/mol. The zero-order valence-electron chi connectivity index (χ0n) is 27.1. The molecular formula is C35H39F3N6O4.